The van der Waals surface area contributed by atoms with Gasteiger partial charge in [0.25, 0.3) is 0 Å². The van der Waals surface area contributed by atoms with Gasteiger partial charge in [-0.15, -0.1) is 0 Å². The zero-order chi connectivity index (χ0) is 14.4. The van der Waals surface area contributed by atoms with Crippen molar-refractivity contribution in [3.63, 3.8) is 0 Å². The van der Waals surface area contributed by atoms with Crippen LogP contribution < -0.4 is 10.6 Å². The van der Waals surface area contributed by atoms with Crippen molar-refractivity contribution < 1.29 is 9.18 Å². The molecule has 0 aliphatic heterocycles. The van der Waals surface area contributed by atoms with Crippen LogP contribution in [0, 0.1) is 12.7 Å². The summed E-state index contributed by atoms with van der Waals surface area (Å²) < 4.78 is 12.9. The van der Waals surface area contributed by atoms with Gasteiger partial charge in [0.2, 0.25) is 0 Å². The Kier molecular flexibility index (Phi) is 4.50. The van der Waals surface area contributed by atoms with Crippen LogP contribution in [0.15, 0.2) is 54.7 Å². The highest BCUT2D eigenvalue weighted by atomic mass is 19.1. The van der Waals surface area contributed by atoms with Crippen LogP contribution in [0.1, 0.15) is 11.1 Å². The minimum absolute atomic E-state index is 0.391. The molecule has 2 N–H and O–H groups in total. The van der Waals surface area contributed by atoms with Gasteiger partial charge in [0.15, 0.2) is 0 Å². The molecule has 2 aromatic carbocycles. The summed E-state index contributed by atoms with van der Waals surface area (Å²) in [5, 5.41) is 5.12. The van der Waals surface area contributed by atoms with Crippen LogP contribution in [0.3, 0.4) is 0 Å². The van der Waals surface area contributed by atoms with Gasteiger partial charge >= 0.3 is 6.03 Å². The molecule has 0 radical (unpaired) electrons. The number of benzene rings is 2. The van der Waals surface area contributed by atoms with Crippen molar-refractivity contribution in [1.82, 2.24) is 5.32 Å². The highest BCUT2D eigenvalue weighted by Crippen LogP contribution is 2.09. The maximum Gasteiger partial charge on any atom is 0.323 e. The topological polar surface area (TPSA) is 41.1 Å². The quantitative estimate of drug-likeness (QED) is 0.871. The summed E-state index contributed by atoms with van der Waals surface area (Å²) in [5.74, 6) is -0.391. The first-order valence-corrected chi connectivity index (χ1v) is 6.20. The van der Waals surface area contributed by atoms with E-state index >= 15 is 0 Å². The second kappa shape index (κ2) is 6.52. The molecule has 2 rings (SSSR count). The molecular formula is C16H15FN2O. The van der Waals surface area contributed by atoms with Gasteiger partial charge in [-0.1, -0.05) is 30.3 Å². The summed E-state index contributed by atoms with van der Waals surface area (Å²) in [5.41, 5.74) is 2.56. The largest absolute Gasteiger partial charge is 0.323 e. The number of anilines is 1. The van der Waals surface area contributed by atoms with Gasteiger partial charge in [-0.05, 0) is 42.3 Å². The molecule has 102 valence electrons. The summed E-state index contributed by atoms with van der Waals surface area (Å²) in [7, 11) is 0. The number of urea groups is 1. The SMILES string of the molecule is Cc1ccccc1/C=C/NC(=O)Nc1cccc(F)c1. The Bertz CT molecular complexity index is 638. The lowest BCUT2D eigenvalue weighted by molar-refractivity contribution is 0.255. The molecule has 0 saturated carbocycles. The van der Waals surface area contributed by atoms with Gasteiger partial charge in [-0.3, -0.25) is 0 Å². The molecule has 0 aliphatic carbocycles. The molecule has 0 atom stereocenters. The first kappa shape index (κ1) is 13.8. The summed E-state index contributed by atoms with van der Waals surface area (Å²) in [6, 6.07) is 13.1. The molecule has 0 aromatic heterocycles. The van der Waals surface area contributed by atoms with Crippen molar-refractivity contribution in [2.45, 2.75) is 6.92 Å². The second-order valence-corrected chi connectivity index (χ2v) is 4.30. The molecule has 0 fully saturated rings. The number of nitrogens with one attached hydrogen (secondary N) is 2. The highest BCUT2D eigenvalue weighted by Gasteiger charge is 2.00. The maximum atomic E-state index is 12.9. The first-order valence-electron chi connectivity index (χ1n) is 6.20. The molecule has 0 aliphatic rings. The molecule has 0 spiro atoms. The van der Waals surface area contributed by atoms with Gasteiger partial charge < -0.3 is 10.6 Å². The first-order chi connectivity index (χ1) is 9.65. The fourth-order valence-electron chi connectivity index (χ4n) is 1.71. The Labute approximate surface area is 117 Å². The van der Waals surface area contributed by atoms with E-state index in [0.717, 1.165) is 11.1 Å². The number of halogens is 1. The fourth-order valence-corrected chi connectivity index (χ4v) is 1.71. The van der Waals surface area contributed by atoms with E-state index in [0.29, 0.717) is 5.69 Å². The van der Waals surface area contributed by atoms with Crippen LogP contribution in [0.2, 0.25) is 0 Å². The molecule has 20 heavy (non-hydrogen) atoms. The molecule has 0 unspecified atom stereocenters. The Balaban J connectivity index is 1.91. The van der Waals surface area contributed by atoms with E-state index in [1.807, 2.05) is 31.2 Å². The Morgan fingerprint density at radius 3 is 2.70 bits per heavy atom. The minimum Gasteiger partial charge on any atom is -0.314 e. The van der Waals surface area contributed by atoms with Gasteiger partial charge in [-0.25, -0.2) is 9.18 Å². The van der Waals surface area contributed by atoms with E-state index in [1.165, 1.54) is 18.2 Å². The Morgan fingerprint density at radius 2 is 1.95 bits per heavy atom. The predicted octanol–water partition coefficient (Wildman–Crippen LogP) is 3.93. The van der Waals surface area contributed by atoms with Crippen molar-refractivity contribution in [2.75, 3.05) is 5.32 Å². The number of rotatable bonds is 3. The lowest BCUT2D eigenvalue weighted by Gasteiger charge is -2.04. The van der Waals surface area contributed by atoms with Crippen molar-refractivity contribution in [3.8, 4) is 0 Å². The van der Waals surface area contributed by atoms with Crippen LogP contribution >= 0.6 is 0 Å². The summed E-state index contributed by atoms with van der Waals surface area (Å²) >= 11 is 0. The Morgan fingerprint density at radius 1 is 1.15 bits per heavy atom. The Hall–Kier alpha value is -2.62. The van der Waals surface area contributed by atoms with Crippen molar-refractivity contribution in [1.29, 1.82) is 0 Å². The number of aryl methyl sites for hydroxylation is 1. The molecule has 4 heteroatoms. The average molecular weight is 270 g/mol. The third-order valence-corrected chi connectivity index (χ3v) is 2.75. The van der Waals surface area contributed by atoms with Crippen LogP contribution in [-0.2, 0) is 0 Å². The zero-order valence-corrected chi connectivity index (χ0v) is 11.1. The summed E-state index contributed by atoms with van der Waals surface area (Å²) in [6.45, 7) is 1.99. The fraction of sp³-hybridized carbons (Fsp3) is 0.0625. The molecule has 0 bridgehead atoms. The van der Waals surface area contributed by atoms with Crippen molar-refractivity contribution >= 4 is 17.8 Å². The van der Waals surface area contributed by atoms with Crippen LogP contribution in [0.5, 0.6) is 0 Å². The molecular weight excluding hydrogens is 255 g/mol. The van der Waals surface area contributed by atoms with Crippen LogP contribution in [0.25, 0.3) is 6.08 Å². The third kappa shape index (κ3) is 3.95. The monoisotopic (exact) mass is 270 g/mol. The maximum absolute atomic E-state index is 12.9. The number of hydrogen-bond acceptors (Lipinski definition) is 1. The van der Waals surface area contributed by atoms with E-state index in [9.17, 15) is 9.18 Å². The van der Waals surface area contributed by atoms with Gasteiger partial charge in [-0.2, -0.15) is 0 Å². The van der Waals surface area contributed by atoms with Gasteiger partial charge in [0.1, 0.15) is 5.82 Å². The van der Waals surface area contributed by atoms with E-state index in [4.69, 9.17) is 0 Å². The normalized spacial score (nSPS) is 10.5. The molecule has 0 heterocycles. The van der Waals surface area contributed by atoms with Gasteiger partial charge in [0.05, 0.1) is 0 Å². The second-order valence-electron chi connectivity index (χ2n) is 4.30. The molecule has 2 aromatic rings. The molecule has 2 amide bonds. The number of hydrogen-bond donors (Lipinski definition) is 2. The summed E-state index contributed by atoms with van der Waals surface area (Å²) in [6.07, 6.45) is 3.36. The zero-order valence-electron chi connectivity index (χ0n) is 11.1. The number of carbonyl (C=O) groups excluding carboxylic acids is 1. The van der Waals surface area contributed by atoms with E-state index < -0.39 is 11.8 Å². The lowest BCUT2D eigenvalue weighted by Crippen LogP contribution is -2.23. The third-order valence-electron chi connectivity index (χ3n) is 2.75. The van der Waals surface area contributed by atoms with E-state index in [1.54, 1.807) is 18.3 Å². The smallest absolute Gasteiger partial charge is 0.314 e. The van der Waals surface area contributed by atoms with Crippen molar-refractivity contribution in [2.24, 2.45) is 0 Å². The standard InChI is InChI=1S/C16H15FN2O/c1-12-5-2-3-6-13(12)9-10-18-16(20)19-15-8-4-7-14(17)11-15/h2-11H,1H3,(H2,18,19,20)/b10-9+. The van der Waals surface area contributed by atoms with E-state index in [-0.39, 0.29) is 0 Å². The van der Waals surface area contributed by atoms with E-state index in [2.05, 4.69) is 10.6 Å². The average Bonchev–Trinajstić information content (AvgIpc) is 2.41. The highest BCUT2D eigenvalue weighted by molar-refractivity contribution is 5.90. The minimum atomic E-state index is -0.416. The number of carbonyl (C=O) groups is 1. The number of amides is 2. The van der Waals surface area contributed by atoms with Crippen molar-refractivity contribution in [3.05, 3.63) is 71.7 Å². The van der Waals surface area contributed by atoms with Crippen LogP contribution in [0.4, 0.5) is 14.9 Å². The predicted molar refractivity (Wildman–Crippen MR) is 78.8 cm³/mol. The van der Waals surface area contributed by atoms with Crippen LogP contribution in [-0.4, -0.2) is 6.03 Å². The summed E-state index contributed by atoms with van der Waals surface area (Å²) in [4.78, 5) is 11.6. The lowest BCUT2D eigenvalue weighted by atomic mass is 10.1. The molecule has 0 saturated heterocycles. The molecule has 3 nitrogen and oxygen atoms in total. The van der Waals surface area contributed by atoms with Gasteiger partial charge in [0, 0.05) is 11.9 Å².